The van der Waals surface area contributed by atoms with Crippen LogP contribution in [-0.2, 0) is 6.54 Å². The number of methoxy groups -OCH3 is 2. The predicted molar refractivity (Wildman–Crippen MR) is 104 cm³/mol. The molecule has 1 aromatic carbocycles. The number of phenols is 1. The summed E-state index contributed by atoms with van der Waals surface area (Å²) in [7, 11) is 2.99. The van der Waals surface area contributed by atoms with Crippen molar-refractivity contribution in [2.24, 2.45) is 10.7 Å². The third-order valence-electron chi connectivity index (χ3n) is 3.31. The molecule has 0 aliphatic rings. The van der Waals surface area contributed by atoms with E-state index in [1.54, 1.807) is 12.1 Å². The standard InChI is InChI=1S/C16H27N3O3.HI/c1-4-5-6-7-8-18-16(17)19-11-12-9-13(21-2)15(20)14(10-12)22-3;/h9-10,20H,4-8,11H2,1-3H3,(H3,17,18,19);1H. The smallest absolute Gasteiger partial charge is 0.200 e. The first-order valence-corrected chi connectivity index (χ1v) is 7.60. The molecule has 0 bridgehead atoms. The fourth-order valence-electron chi connectivity index (χ4n) is 2.04. The normalized spacial score (nSPS) is 10.8. The molecule has 1 rings (SSSR count). The summed E-state index contributed by atoms with van der Waals surface area (Å²) >= 11 is 0. The fraction of sp³-hybridized carbons (Fsp3) is 0.562. The minimum atomic E-state index is -0.0141. The molecule has 0 amide bonds. The first-order valence-electron chi connectivity index (χ1n) is 7.60. The van der Waals surface area contributed by atoms with Gasteiger partial charge in [0.25, 0.3) is 0 Å². The van der Waals surface area contributed by atoms with Crippen LogP contribution >= 0.6 is 24.0 Å². The van der Waals surface area contributed by atoms with Gasteiger partial charge in [-0.3, -0.25) is 0 Å². The van der Waals surface area contributed by atoms with E-state index in [1.165, 1.54) is 33.5 Å². The Balaban J connectivity index is 0.00000484. The van der Waals surface area contributed by atoms with Crippen LogP contribution in [0.3, 0.4) is 0 Å². The van der Waals surface area contributed by atoms with Crippen molar-refractivity contribution >= 4 is 29.9 Å². The van der Waals surface area contributed by atoms with Crippen LogP contribution < -0.4 is 20.5 Å². The van der Waals surface area contributed by atoms with E-state index in [4.69, 9.17) is 15.2 Å². The van der Waals surface area contributed by atoms with Gasteiger partial charge in [0.2, 0.25) is 5.75 Å². The SMILES string of the molecule is CCCCCCNC(N)=NCc1cc(OC)c(O)c(OC)c1.I. The van der Waals surface area contributed by atoms with Crippen molar-refractivity contribution in [1.82, 2.24) is 5.32 Å². The van der Waals surface area contributed by atoms with Crippen LogP contribution in [0.4, 0.5) is 0 Å². The highest BCUT2D eigenvalue weighted by Gasteiger charge is 2.10. The predicted octanol–water partition coefficient (Wildman–Crippen LogP) is 3.01. The van der Waals surface area contributed by atoms with Gasteiger partial charge < -0.3 is 25.6 Å². The van der Waals surface area contributed by atoms with Crippen LogP contribution in [-0.4, -0.2) is 31.8 Å². The number of benzene rings is 1. The first kappa shape index (κ1) is 21.6. The summed E-state index contributed by atoms with van der Waals surface area (Å²) in [5.41, 5.74) is 6.68. The molecular weight excluding hydrogens is 409 g/mol. The van der Waals surface area contributed by atoms with E-state index in [0.29, 0.717) is 24.0 Å². The molecule has 132 valence electrons. The number of aromatic hydroxyl groups is 1. The molecule has 0 aromatic heterocycles. The van der Waals surface area contributed by atoms with Crippen molar-refractivity contribution in [3.63, 3.8) is 0 Å². The van der Waals surface area contributed by atoms with Crippen molar-refractivity contribution in [3.8, 4) is 17.2 Å². The van der Waals surface area contributed by atoms with E-state index in [0.717, 1.165) is 18.5 Å². The monoisotopic (exact) mass is 437 g/mol. The molecule has 0 saturated heterocycles. The summed E-state index contributed by atoms with van der Waals surface area (Å²) in [6.45, 7) is 3.40. The lowest BCUT2D eigenvalue weighted by atomic mass is 10.2. The summed E-state index contributed by atoms with van der Waals surface area (Å²) in [4.78, 5) is 4.28. The number of rotatable bonds is 9. The van der Waals surface area contributed by atoms with Crippen molar-refractivity contribution in [2.45, 2.75) is 39.2 Å². The minimum Gasteiger partial charge on any atom is -0.502 e. The molecule has 4 N–H and O–H groups in total. The number of guanidine groups is 1. The maximum absolute atomic E-state index is 9.85. The Hall–Kier alpha value is -1.38. The molecular formula is C16H28IN3O3. The third-order valence-corrected chi connectivity index (χ3v) is 3.31. The van der Waals surface area contributed by atoms with E-state index in [1.807, 2.05) is 0 Å². The van der Waals surface area contributed by atoms with Gasteiger partial charge in [-0.15, -0.1) is 24.0 Å². The molecule has 0 fully saturated rings. The Labute approximate surface area is 155 Å². The van der Waals surface area contributed by atoms with Crippen molar-refractivity contribution < 1.29 is 14.6 Å². The van der Waals surface area contributed by atoms with Crippen LogP contribution in [0.1, 0.15) is 38.2 Å². The topological polar surface area (TPSA) is 89.1 Å². The van der Waals surface area contributed by atoms with Crippen LogP contribution in [0.15, 0.2) is 17.1 Å². The van der Waals surface area contributed by atoms with E-state index in [9.17, 15) is 5.11 Å². The quantitative estimate of drug-likeness (QED) is 0.239. The molecule has 23 heavy (non-hydrogen) atoms. The molecule has 0 saturated carbocycles. The Kier molecular flexibility index (Phi) is 11.4. The maximum atomic E-state index is 9.85. The number of aliphatic imine (C=N–C) groups is 1. The van der Waals surface area contributed by atoms with E-state index in [-0.39, 0.29) is 29.7 Å². The Bertz CT molecular complexity index is 470. The summed E-state index contributed by atoms with van der Waals surface area (Å²) < 4.78 is 10.2. The molecule has 0 aliphatic heterocycles. The average molecular weight is 437 g/mol. The lowest BCUT2D eigenvalue weighted by molar-refractivity contribution is 0.339. The van der Waals surface area contributed by atoms with Gasteiger partial charge in [0.1, 0.15) is 0 Å². The van der Waals surface area contributed by atoms with Gasteiger partial charge in [-0.05, 0) is 24.1 Å². The highest BCUT2D eigenvalue weighted by atomic mass is 127. The molecule has 0 atom stereocenters. The number of unbranched alkanes of at least 4 members (excludes halogenated alkanes) is 3. The van der Waals surface area contributed by atoms with Crippen LogP contribution in [0, 0.1) is 0 Å². The Morgan fingerprint density at radius 2 is 1.78 bits per heavy atom. The number of nitrogens with two attached hydrogens (primary N) is 1. The van der Waals surface area contributed by atoms with Crippen molar-refractivity contribution in [2.75, 3.05) is 20.8 Å². The molecule has 1 aromatic rings. The van der Waals surface area contributed by atoms with Crippen LogP contribution in [0.25, 0.3) is 0 Å². The second-order valence-corrected chi connectivity index (χ2v) is 5.04. The number of nitrogens with zero attached hydrogens (tertiary/aromatic N) is 1. The number of nitrogens with one attached hydrogen (secondary N) is 1. The van der Waals surface area contributed by atoms with E-state index in [2.05, 4.69) is 17.2 Å². The fourth-order valence-corrected chi connectivity index (χ4v) is 2.04. The maximum Gasteiger partial charge on any atom is 0.200 e. The summed E-state index contributed by atoms with van der Waals surface area (Å²) in [6, 6.07) is 3.44. The zero-order chi connectivity index (χ0) is 16.4. The first-order chi connectivity index (χ1) is 10.6. The molecule has 0 aliphatic carbocycles. The van der Waals surface area contributed by atoms with E-state index >= 15 is 0 Å². The Morgan fingerprint density at radius 1 is 1.17 bits per heavy atom. The highest BCUT2D eigenvalue weighted by molar-refractivity contribution is 14.0. The molecule has 7 heteroatoms. The number of ether oxygens (including phenoxy) is 2. The number of halogens is 1. The third kappa shape index (κ3) is 7.62. The van der Waals surface area contributed by atoms with Gasteiger partial charge in [-0.25, -0.2) is 4.99 Å². The second kappa shape index (κ2) is 12.1. The molecule has 6 nitrogen and oxygen atoms in total. The van der Waals surface area contributed by atoms with Gasteiger partial charge in [-0.1, -0.05) is 26.2 Å². The zero-order valence-corrected chi connectivity index (χ0v) is 16.4. The minimum absolute atomic E-state index is 0. The van der Waals surface area contributed by atoms with Crippen LogP contribution in [0.5, 0.6) is 17.2 Å². The van der Waals surface area contributed by atoms with Gasteiger partial charge in [0, 0.05) is 6.54 Å². The van der Waals surface area contributed by atoms with Crippen molar-refractivity contribution in [1.29, 1.82) is 0 Å². The summed E-state index contributed by atoms with van der Waals surface area (Å²) in [5, 5.41) is 13.0. The largest absolute Gasteiger partial charge is 0.502 e. The van der Waals surface area contributed by atoms with Crippen LogP contribution in [0.2, 0.25) is 0 Å². The molecule has 0 heterocycles. The molecule has 0 spiro atoms. The summed E-state index contributed by atoms with van der Waals surface area (Å²) in [5.74, 6) is 1.12. The molecule has 0 unspecified atom stereocenters. The van der Waals surface area contributed by atoms with Gasteiger partial charge in [0.05, 0.1) is 20.8 Å². The highest BCUT2D eigenvalue weighted by Crippen LogP contribution is 2.37. The number of hydrogen-bond acceptors (Lipinski definition) is 4. The number of hydrogen-bond donors (Lipinski definition) is 3. The van der Waals surface area contributed by atoms with E-state index < -0.39 is 0 Å². The lowest BCUT2D eigenvalue weighted by Gasteiger charge is -2.10. The van der Waals surface area contributed by atoms with Gasteiger partial charge in [0.15, 0.2) is 17.5 Å². The lowest BCUT2D eigenvalue weighted by Crippen LogP contribution is -2.32. The average Bonchev–Trinajstić information content (AvgIpc) is 2.53. The van der Waals surface area contributed by atoms with Gasteiger partial charge in [-0.2, -0.15) is 0 Å². The van der Waals surface area contributed by atoms with Gasteiger partial charge >= 0.3 is 0 Å². The second-order valence-electron chi connectivity index (χ2n) is 5.04. The molecule has 0 radical (unpaired) electrons. The summed E-state index contributed by atoms with van der Waals surface area (Å²) in [6.07, 6.45) is 4.74. The van der Waals surface area contributed by atoms with Crippen molar-refractivity contribution in [3.05, 3.63) is 17.7 Å². The number of phenolic OH excluding ortho intramolecular Hbond substituents is 1. The zero-order valence-electron chi connectivity index (χ0n) is 14.1. The Morgan fingerprint density at radius 3 is 2.30 bits per heavy atom.